The lowest BCUT2D eigenvalue weighted by atomic mass is 10.3. The van der Waals surface area contributed by atoms with Gasteiger partial charge in [-0.1, -0.05) is 12.1 Å². The minimum atomic E-state index is -0.584. The Morgan fingerprint density at radius 3 is 2.90 bits per heavy atom. The molecule has 1 N–H and O–H groups in total. The zero-order valence-corrected chi connectivity index (χ0v) is 10.7. The van der Waals surface area contributed by atoms with E-state index in [0.717, 1.165) is 11.0 Å². The number of aromatic nitrogens is 5. The number of hydrogen-bond donors (Lipinski definition) is 1. The molecule has 0 radical (unpaired) electrons. The van der Waals surface area contributed by atoms with Crippen molar-refractivity contribution >= 4 is 22.6 Å². The van der Waals surface area contributed by atoms with Crippen molar-refractivity contribution in [3.63, 3.8) is 0 Å². The summed E-state index contributed by atoms with van der Waals surface area (Å²) in [7, 11) is 0. The van der Waals surface area contributed by atoms with E-state index >= 15 is 0 Å². The van der Waals surface area contributed by atoms with Crippen LogP contribution in [0.15, 0.2) is 48.8 Å². The van der Waals surface area contributed by atoms with Crippen molar-refractivity contribution < 1.29 is 9.53 Å². The van der Waals surface area contributed by atoms with Crippen LogP contribution in [-0.4, -0.2) is 30.5 Å². The Labute approximate surface area is 118 Å². The van der Waals surface area contributed by atoms with E-state index in [9.17, 15) is 4.79 Å². The molecule has 0 unspecified atom stereocenters. The summed E-state index contributed by atoms with van der Waals surface area (Å²) in [6.45, 7) is 0. The smallest absolute Gasteiger partial charge is 0.366 e. The average Bonchev–Trinajstić information content (AvgIpc) is 3.10. The van der Waals surface area contributed by atoms with E-state index in [0.29, 0.717) is 5.65 Å². The van der Waals surface area contributed by atoms with Crippen LogP contribution in [0.4, 0.5) is 0 Å². The highest BCUT2D eigenvalue weighted by atomic mass is 16.5. The molecule has 102 valence electrons. The molecule has 0 bridgehead atoms. The molecule has 0 amide bonds. The maximum atomic E-state index is 12.1. The summed E-state index contributed by atoms with van der Waals surface area (Å²) in [5.41, 5.74) is 2.29. The number of hydrogen-bond acceptors (Lipinski definition) is 5. The topological polar surface area (TPSA) is 85.2 Å². The Morgan fingerprint density at radius 2 is 2.05 bits per heavy atom. The van der Waals surface area contributed by atoms with Gasteiger partial charge in [0, 0.05) is 6.20 Å². The van der Waals surface area contributed by atoms with Crippen molar-refractivity contribution in [1.82, 2.24) is 24.6 Å². The highest BCUT2D eigenvalue weighted by molar-refractivity contribution is 5.89. The van der Waals surface area contributed by atoms with Gasteiger partial charge in [0.05, 0.1) is 17.2 Å². The fraction of sp³-hybridized carbons (Fsp3) is 0. The van der Waals surface area contributed by atoms with Crippen LogP contribution < -0.4 is 4.74 Å². The SMILES string of the molecule is O=C(Oc1nc2ccccc2[nH]1)c1cn2ncccc2n1. The van der Waals surface area contributed by atoms with E-state index < -0.39 is 5.97 Å². The number of H-pyrrole nitrogens is 1. The molecule has 0 fully saturated rings. The van der Waals surface area contributed by atoms with Crippen LogP contribution in [0.2, 0.25) is 0 Å². The summed E-state index contributed by atoms with van der Waals surface area (Å²) in [6, 6.07) is 11.1. The zero-order valence-electron chi connectivity index (χ0n) is 10.7. The summed E-state index contributed by atoms with van der Waals surface area (Å²) in [5, 5.41) is 4.05. The number of imidazole rings is 2. The van der Waals surface area contributed by atoms with Crippen molar-refractivity contribution in [1.29, 1.82) is 0 Å². The lowest BCUT2D eigenvalue weighted by Gasteiger charge is -1.95. The monoisotopic (exact) mass is 279 g/mol. The van der Waals surface area contributed by atoms with Crippen LogP contribution in [0.3, 0.4) is 0 Å². The Kier molecular flexibility index (Phi) is 2.43. The summed E-state index contributed by atoms with van der Waals surface area (Å²) < 4.78 is 6.71. The first-order valence-corrected chi connectivity index (χ1v) is 6.27. The third kappa shape index (κ3) is 2.00. The second kappa shape index (κ2) is 4.41. The summed E-state index contributed by atoms with van der Waals surface area (Å²) in [6.07, 6.45) is 3.13. The minimum Gasteiger partial charge on any atom is -0.387 e. The van der Waals surface area contributed by atoms with Crippen molar-refractivity contribution in [2.75, 3.05) is 0 Å². The zero-order chi connectivity index (χ0) is 14.2. The largest absolute Gasteiger partial charge is 0.387 e. The van der Waals surface area contributed by atoms with Crippen molar-refractivity contribution in [3.8, 4) is 6.01 Å². The molecular formula is C14H9N5O2. The number of nitrogens with zero attached hydrogens (tertiary/aromatic N) is 4. The lowest BCUT2D eigenvalue weighted by Crippen LogP contribution is -2.09. The van der Waals surface area contributed by atoms with Crippen molar-refractivity contribution in [3.05, 3.63) is 54.5 Å². The average molecular weight is 279 g/mol. The van der Waals surface area contributed by atoms with Gasteiger partial charge in [0.1, 0.15) is 0 Å². The molecule has 3 aromatic heterocycles. The highest BCUT2D eigenvalue weighted by Gasteiger charge is 2.15. The van der Waals surface area contributed by atoms with Gasteiger partial charge in [-0.3, -0.25) is 0 Å². The minimum absolute atomic E-state index is 0.145. The molecule has 7 nitrogen and oxygen atoms in total. The maximum Gasteiger partial charge on any atom is 0.366 e. The van der Waals surface area contributed by atoms with E-state index in [1.165, 1.54) is 10.7 Å². The number of carbonyl (C=O) groups excluding carboxylic acids is 1. The number of nitrogens with one attached hydrogen (secondary N) is 1. The molecular weight excluding hydrogens is 270 g/mol. The molecule has 4 rings (SSSR count). The Hall–Kier alpha value is -3.22. The molecule has 7 heteroatoms. The third-order valence-electron chi connectivity index (χ3n) is 3.00. The van der Waals surface area contributed by atoms with Crippen LogP contribution in [0.1, 0.15) is 10.5 Å². The number of para-hydroxylation sites is 2. The first-order valence-electron chi connectivity index (χ1n) is 6.27. The highest BCUT2D eigenvalue weighted by Crippen LogP contribution is 2.16. The Bertz CT molecular complexity index is 890. The fourth-order valence-corrected chi connectivity index (χ4v) is 2.05. The maximum absolute atomic E-state index is 12.1. The van der Waals surface area contributed by atoms with Crippen molar-refractivity contribution in [2.24, 2.45) is 0 Å². The Morgan fingerprint density at radius 1 is 1.14 bits per heavy atom. The molecule has 21 heavy (non-hydrogen) atoms. The number of aromatic amines is 1. The van der Waals surface area contributed by atoms with Gasteiger partial charge in [-0.25, -0.2) is 14.3 Å². The summed E-state index contributed by atoms with van der Waals surface area (Å²) in [5.74, 6) is -0.584. The van der Waals surface area contributed by atoms with Gasteiger partial charge in [0.15, 0.2) is 11.3 Å². The van der Waals surface area contributed by atoms with E-state index in [1.807, 2.05) is 24.3 Å². The second-order valence-electron chi connectivity index (χ2n) is 4.40. The first-order chi connectivity index (χ1) is 10.3. The van der Waals surface area contributed by atoms with Crippen LogP contribution in [0, 0.1) is 0 Å². The quantitative estimate of drug-likeness (QED) is 0.566. The van der Waals surface area contributed by atoms with Gasteiger partial charge in [0.2, 0.25) is 0 Å². The van der Waals surface area contributed by atoms with E-state index in [1.54, 1.807) is 18.3 Å². The molecule has 3 heterocycles. The van der Waals surface area contributed by atoms with Crippen LogP contribution >= 0.6 is 0 Å². The van der Waals surface area contributed by atoms with Crippen LogP contribution in [0.5, 0.6) is 6.01 Å². The molecule has 0 saturated heterocycles. The number of esters is 1. The van der Waals surface area contributed by atoms with E-state index in [2.05, 4.69) is 20.1 Å². The number of carbonyl (C=O) groups is 1. The van der Waals surface area contributed by atoms with Gasteiger partial charge >= 0.3 is 12.0 Å². The molecule has 0 atom stereocenters. The predicted octanol–water partition coefficient (Wildman–Crippen LogP) is 1.82. The Balaban J connectivity index is 1.65. The third-order valence-corrected chi connectivity index (χ3v) is 3.00. The van der Waals surface area contributed by atoms with Gasteiger partial charge in [0.25, 0.3) is 0 Å². The standard InChI is InChI=1S/C14H9N5O2/c20-13(11-8-19-12(16-11)6-3-7-15-19)21-14-17-9-4-1-2-5-10(9)18-14/h1-8H,(H,17,18). The van der Waals surface area contributed by atoms with Gasteiger partial charge in [-0.2, -0.15) is 10.1 Å². The molecule has 0 aliphatic heterocycles. The summed E-state index contributed by atoms with van der Waals surface area (Å²) >= 11 is 0. The van der Waals surface area contributed by atoms with Gasteiger partial charge in [-0.15, -0.1) is 0 Å². The number of ether oxygens (including phenoxy) is 1. The molecule has 1 aromatic carbocycles. The van der Waals surface area contributed by atoms with Crippen molar-refractivity contribution in [2.45, 2.75) is 0 Å². The molecule has 0 spiro atoms. The lowest BCUT2D eigenvalue weighted by molar-refractivity contribution is 0.0716. The van der Waals surface area contributed by atoms with E-state index in [4.69, 9.17) is 4.74 Å². The molecule has 4 aromatic rings. The number of rotatable bonds is 2. The van der Waals surface area contributed by atoms with Gasteiger partial charge in [-0.05, 0) is 24.3 Å². The number of benzene rings is 1. The normalized spacial score (nSPS) is 11.0. The summed E-state index contributed by atoms with van der Waals surface area (Å²) in [4.78, 5) is 23.3. The first kappa shape index (κ1) is 11.6. The molecule has 0 saturated carbocycles. The fourth-order valence-electron chi connectivity index (χ4n) is 2.05. The molecule has 0 aliphatic carbocycles. The van der Waals surface area contributed by atoms with Gasteiger partial charge < -0.3 is 9.72 Å². The number of fused-ring (bicyclic) bond motifs is 2. The predicted molar refractivity (Wildman–Crippen MR) is 74.0 cm³/mol. The second-order valence-corrected chi connectivity index (χ2v) is 4.40. The van der Waals surface area contributed by atoms with E-state index in [-0.39, 0.29) is 11.7 Å². The van der Waals surface area contributed by atoms with Crippen LogP contribution in [-0.2, 0) is 0 Å². The molecule has 0 aliphatic rings. The van der Waals surface area contributed by atoms with Crippen LogP contribution in [0.25, 0.3) is 16.7 Å².